The van der Waals surface area contributed by atoms with Crippen molar-refractivity contribution in [2.75, 3.05) is 6.61 Å². The molecule has 1 heterocycles. The van der Waals surface area contributed by atoms with Gasteiger partial charge in [-0.25, -0.2) is 0 Å². The van der Waals surface area contributed by atoms with E-state index in [9.17, 15) is 0 Å². The maximum Gasteiger partial charge on any atom is 0.115 e. The van der Waals surface area contributed by atoms with Crippen LogP contribution in [0.3, 0.4) is 0 Å². The molecule has 0 saturated carbocycles. The molecule has 1 aliphatic rings. The third kappa shape index (κ3) is 2.48. The summed E-state index contributed by atoms with van der Waals surface area (Å²) in [5.74, 6) is 0.332. The lowest BCUT2D eigenvalue weighted by Crippen LogP contribution is -2.21. The molecule has 1 fully saturated rings. The van der Waals surface area contributed by atoms with E-state index in [1.807, 2.05) is 12.1 Å². The Morgan fingerprint density at radius 1 is 1.21 bits per heavy atom. The van der Waals surface area contributed by atoms with Crippen LogP contribution >= 0.6 is 0 Å². The molecule has 0 spiro atoms. The summed E-state index contributed by atoms with van der Waals surface area (Å²) < 4.78 is 5.65. The Labute approximate surface area is 84.5 Å². The molecule has 1 unspecified atom stereocenters. The Hall–Kier alpha value is -1.02. The molecule has 76 valence electrons. The number of hydrogen-bond donors (Lipinski definition) is 1. The molecular weight excluding hydrogens is 176 g/mol. The van der Waals surface area contributed by atoms with Crippen LogP contribution in [0.2, 0.25) is 0 Å². The fourth-order valence-corrected chi connectivity index (χ4v) is 1.86. The molecule has 2 rings (SSSR count). The van der Waals surface area contributed by atoms with Crippen LogP contribution in [0.4, 0.5) is 0 Å². The van der Waals surface area contributed by atoms with Gasteiger partial charge in [0.25, 0.3) is 0 Å². The summed E-state index contributed by atoms with van der Waals surface area (Å²) in [6.07, 6.45) is 5.00. The third-order valence-corrected chi connectivity index (χ3v) is 2.67. The highest BCUT2D eigenvalue weighted by Gasteiger charge is 2.13. The lowest BCUT2D eigenvalue weighted by Gasteiger charge is -2.22. The van der Waals surface area contributed by atoms with E-state index in [2.05, 4.69) is 0 Å². The molecule has 14 heavy (non-hydrogen) atoms. The summed E-state index contributed by atoms with van der Waals surface area (Å²) >= 11 is 0. The molecule has 1 aromatic rings. The summed E-state index contributed by atoms with van der Waals surface area (Å²) in [5.41, 5.74) is 1.25. The SMILES string of the molecule is Oc1ccc(CC2CCCCO2)cc1. The van der Waals surface area contributed by atoms with Crippen molar-refractivity contribution in [1.29, 1.82) is 0 Å². The summed E-state index contributed by atoms with van der Waals surface area (Å²) in [6, 6.07) is 7.40. The van der Waals surface area contributed by atoms with Crippen molar-refractivity contribution in [3.05, 3.63) is 29.8 Å². The van der Waals surface area contributed by atoms with Crippen molar-refractivity contribution in [3.63, 3.8) is 0 Å². The molecule has 1 saturated heterocycles. The minimum absolute atomic E-state index is 0.332. The van der Waals surface area contributed by atoms with Crippen molar-refractivity contribution in [2.24, 2.45) is 0 Å². The summed E-state index contributed by atoms with van der Waals surface area (Å²) in [5, 5.41) is 9.13. The van der Waals surface area contributed by atoms with Gasteiger partial charge >= 0.3 is 0 Å². The first-order valence-corrected chi connectivity index (χ1v) is 5.24. The van der Waals surface area contributed by atoms with Gasteiger partial charge < -0.3 is 9.84 Å². The van der Waals surface area contributed by atoms with Gasteiger partial charge in [-0.1, -0.05) is 12.1 Å². The molecular formula is C12H16O2. The van der Waals surface area contributed by atoms with Crippen molar-refractivity contribution >= 4 is 0 Å². The van der Waals surface area contributed by atoms with E-state index in [1.165, 1.54) is 24.8 Å². The minimum Gasteiger partial charge on any atom is -0.508 e. The van der Waals surface area contributed by atoms with Gasteiger partial charge in [-0.05, 0) is 43.4 Å². The van der Waals surface area contributed by atoms with Gasteiger partial charge in [0.15, 0.2) is 0 Å². The van der Waals surface area contributed by atoms with E-state index in [-0.39, 0.29) is 0 Å². The smallest absolute Gasteiger partial charge is 0.115 e. The molecule has 1 aliphatic heterocycles. The first kappa shape index (κ1) is 9.53. The fraction of sp³-hybridized carbons (Fsp3) is 0.500. The van der Waals surface area contributed by atoms with Crippen LogP contribution < -0.4 is 0 Å². The van der Waals surface area contributed by atoms with Crippen molar-refractivity contribution in [1.82, 2.24) is 0 Å². The first-order valence-electron chi connectivity index (χ1n) is 5.24. The largest absolute Gasteiger partial charge is 0.508 e. The van der Waals surface area contributed by atoms with Crippen LogP contribution in [0.15, 0.2) is 24.3 Å². The first-order chi connectivity index (χ1) is 6.84. The number of aromatic hydroxyl groups is 1. The van der Waals surface area contributed by atoms with Gasteiger partial charge in [-0.2, -0.15) is 0 Å². The number of hydrogen-bond acceptors (Lipinski definition) is 2. The predicted octanol–water partition coefficient (Wildman–Crippen LogP) is 2.50. The quantitative estimate of drug-likeness (QED) is 0.780. The number of phenols is 1. The molecule has 0 radical (unpaired) electrons. The monoisotopic (exact) mass is 192 g/mol. The highest BCUT2D eigenvalue weighted by Crippen LogP contribution is 2.18. The lowest BCUT2D eigenvalue weighted by molar-refractivity contribution is 0.0168. The third-order valence-electron chi connectivity index (χ3n) is 2.67. The molecule has 2 nitrogen and oxygen atoms in total. The molecule has 1 N–H and O–H groups in total. The maximum atomic E-state index is 9.13. The Morgan fingerprint density at radius 2 is 2.00 bits per heavy atom. The minimum atomic E-state index is 0.332. The highest BCUT2D eigenvalue weighted by atomic mass is 16.5. The van der Waals surface area contributed by atoms with Crippen molar-refractivity contribution in [2.45, 2.75) is 31.8 Å². The van der Waals surface area contributed by atoms with E-state index < -0.39 is 0 Å². The van der Waals surface area contributed by atoms with Gasteiger partial charge in [-0.15, -0.1) is 0 Å². The predicted molar refractivity (Wildman–Crippen MR) is 55.4 cm³/mol. The topological polar surface area (TPSA) is 29.5 Å². The second kappa shape index (κ2) is 4.47. The standard InChI is InChI=1S/C12H16O2/c13-11-6-4-10(5-7-11)9-12-3-1-2-8-14-12/h4-7,12-13H,1-3,8-9H2. The van der Waals surface area contributed by atoms with E-state index >= 15 is 0 Å². The number of benzene rings is 1. The van der Waals surface area contributed by atoms with Gasteiger partial charge in [0.05, 0.1) is 6.10 Å². The zero-order chi connectivity index (χ0) is 9.80. The summed E-state index contributed by atoms with van der Waals surface area (Å²) in [7, 11) is 0. The average Bonchev–Trinajstić information content (AvgIpc) is 2.23. The van der Waals surface area contributed by atoms with E-state index in [0.29, 0.717) is 11.9 Å². The van der Waals surface area contributed by atoms with Gasteiger partial charge in [0.1, 0.15) is 5.75 Å². The molecule has 0 aromatic heterocycles. The normalized spacial score (nSPS) is 22.1. The van der Waals surface area contributed by atoms with Crippen LogP contribution in [0.1, 0.15) is 24.8 Å². The Morgan fingerprint density at radius 3 is 2.64 bits per heavy atom. The fourth-order valence-electron chi connectivity index (χ4n) is 1.86. The second-order valence-corrected chi connectivity index (χ2v) is 3.86. The van der Waals surface area contributed by atoms with Crippen molar-refractivity contribution < 1.29 is 9.84 Å². The number of phenolic OH excluding ortho intramolecular Hbond substituents is 1. The van der Waals surface area contributed by atoms with E-state index in [4.69, 9.17) is 9.84 Å². The van der Waals surface area contributed by atoms with Gasteiger partial charge in [0, 0.05) is 6.61 Å². The summed E-state index contributed by atoms with van der Waals surface area (Å²) in [4.78, 5) is 0. The number of ether oxygens (including phenoxy) is 1. The molecule has 1 atom stereocenters. The van der Waals surface area contributed by atoms with Crippen LogP contribution in [-0.4, -0.2) is 17.8 Å². The van der Waals surface area contributed by atoms with Gasteiger partial charge in [0.2, 0.25) is 0 Å². The van der Waals surface area contributed by atoms with Gasteiger partial charge in [-0.3, -0.25) is 0 Å². The zero-order valence-electron chi connectivity index (χ0n) is 8.28. The molecule has 2 heteroatoms. The maximum absolute atomic E-state index is 9.13. The van der Waals surface area contributed by atoms with Crippen LogP contribution in [0.25, 0.3) is 0 Å². The molecule has 1 aromatic carbocycles. The van der Waals surface area contributed by atoms with Crippen LogP contribution in [0, 0.1) is 0 Å². The Bertz CT molecular complexity index is 273. The second-order valence-electron chi connectivity index (χ2n) is 3.86. The average molecular weight is 192 g/mol. The molecule has 0 amide bonds. The van der Waals surface area contributed by atoms with Crippen LogP contribution in [-0.2, 0) is 11.2 Å². The highest BCUT2D eigenvalue weighted by molar-refractivity contribution is 5.26. The van der Waals surface area contributed by atoms with E-state index in [1.54, 1.807) is 12.1 Å². The number of rotatable bonds is 2. The Balaban J connectivity index is 1.92. The lowest BCUT2D eigenvalue weighted by atomic mass is 10.0. The van der Waals surface area contributed by atoms with Crippen molar-refractivity contribution in [3.8, 4) is 5.75 Å². The zero-order valence-corrected chi connectivity index (χ0v) is 8.28. The summed E-state index contributed by atoms with van der Waals surface area (Å²) in [6.45, 7) is 0.906. The van der Waals surface area contributed by atoms with Crippen LogP contribution in [0.5, 0.6) is 5.75 Å². The Kier molecular flexibility index (Phi) is 3.04. The molecule has 0 aliphatic carbocycles. The molecule has 0 bridgehead atoms. The van der Waals surface area contributed by atoms with E-state index in [0.717, 1.165) is 13.0 Å².